The van der Waals surface area contributed by atoms with Gasteiger partial charge in [0.2, 0.25) is 0 Å². The van der Waals surface area contributed by atoms with E-state index in [1.54, 1.807) is 24.3 Å². The number of ether oxygens (including phenoxy) is 1. The number of amides is 2. The highest BCUT2D eigenvalue weighted by molar-refractivity contribution is 5.95. The normalized spacial score (nSPS) is 20.6. The van der Waals surface area contributed by atoms with Crippen LogP contribution in [0.25, 0.3) is 11.0 Å². The third-order valence-electron chi connectivity index (χ3n) is 7.37. The minimum atomic E-state index is -0.135. The maximum absolute atomic E-state index is 13.4. The summed E-state index contributed by atoms with van der Waals surface area (Å²) in [7, 11) is 0. The Bertz CT molecular complexity index is 1410. The van der Waals surface area contributed by atoms with Gasteiger partial charge in [0.05, 0.1) is 11.6 Å². The number of imidazole rings is 1. The number of likely N-dealkylation sites (tertiary alicyclic amines) is 1. The third-order valence-corrected chi connectivity index (χ3v) is 7.37. The number of aromatic amines is 1. The number of Topliss-reactive ketones (excluding diaryl/α,β-unsaturated/α-hetero) is 1. The molecule has 4 aromatic rings. The standard InChI is InChI=1S/C29H28N4O3/c1-18(34)20-10-13-22(14-11-20)30-29(35)33-23-15-12-21(16-23)27(33)28-31-24-8-5-9-25(26(24)32-28)36-17-19-6-3-2-4-7-19/h2-11,13-14,21,23,27H,12,15-17H2,1H3,(H,30,35)(H,31,32)/t21-,23+,27-/m0/s1. The Labute approximate surface area is 209 Å². The first-order valence-corrected chi connectivity index (χ1v) is 12.4. The second-order valence-electron chi connectivity index (χ2n) is 9.69. The molecule has 2 N–H and O–H groups in total. The minimum Gasteiger partial charge on any atom is -0.487 e. The predicted octanol–water partition coefficient (Wildman–Crippen LogP) is 6.10. The molecule has 2 amide bonds. The molecule has 182 valence electrons. The number of hydrogen-bond acceptors (Lipinski definition) is 4. The van der Waals surface area contributed by atoms with Gasteiger partial charge in [0.25, 0.3) is 0 Å². The molecule has 2 fully saturated rings. The van der Waals surface area contributed by atoms with Crippen LogP contribution >= 0.6 is 0 Å². The molecule has 7 nitrogen and oxygen atoms in total. The Morgan fingerprint density at radius 3 is 2.61 bits per heavy atom. The maximum Gasteiger partial charge on any atom is 0.322 e. The van der Waals surface area contributed by atoms with Crippen molar-refractivity contribution in [2.75, 3.05) is 5.32 Å². The van der Waals surface area contributed by atoms with Crippen molar-refractivity contribution in [3.63, 3.8) is 0 Å². The van der Waals surface area contributed by atoms with Gasteiger partial charge in [0.15, 0.2) is 5.78 Å². The monoisotopic (exact) mass is 480 g/mol. The smallest absolute Gasteiger partial charge is 0.322 e. The summed E-state index contributed by atoms with van der Waals surface area (Å²) in [6.45, 7) is 2.00. The molecular formula is C29H28N4O3. The fourth-order valence-electron chi connectivity index (χ4n) is 5.63. The lowest BCUT2D eigenvalue weighted by atomic mass is 9.98. The van der Waals surface area contributed by atoms with Gasteiger partial charge in [0.1, 0.15) is 23.7 Å². The molecule has 1 saturated heterocycles. The molecule has 3 atom stereocenters. The van der Waals surface area contributed by atoms with Gasteiger partial charge < -0.3 is 19.9 Å². The number of H-pyrrole nitrogens is 1. The Hall–Kier alpha value is -4.13. The number of ketones is 1. The summed E-state index contributed by atoms with van der Waals surface area (Å²) in [6, 6.07) is 22.9. The van der Waals surface area contributed by atoms with Crippen molar-refractivity contribution in [1.29, 1.82) is 0 Å². The Morgan fingerprint density at radius 1 is 1.03 bits per heavy atom. The van der Waals surface area contributed by atoms with Crippen LogP contribution in [0.4, 0.5) is 10.5 Å². The Morgan fingerprint density at radius 2 is 1.83 bits per heavy atom. The van der Waals surface area contributed by atoms with E-state index in [0.717, 1.165) is 47.4 Å². The summed E-state index contributed by atoms with van der Waals surface area (Å²) < 4.78 is 6.12. The van der Waals surface area contributed by atoms with E-state index in [-0.39, 0.29) is 23.9 Å². The number of urea groups is 1. The van der Waals surface area contributed by atoms with Crippen LogP contribution in [-0.4, -0.2) is 32.7 Å². The topological polar surface area (TPSA) is 87.3 Å². The molecule has 0 spiro atoms. The second-order valence-corrected chi connectivity index (χ2v) is 9.69. The first-order valence-electron chi connectivity index (χ1n) is 12.4. The molecule has 7 heteroatoms. The van der Waals surface area contributed by atoms with Crippen molar-refractivity contribution in [2.24, 2.45) is 5.92 Å². The van der Waals surface area contributed by atoms with Crippen LogP contribution in [0.15, 0.2) is 72.8 Å². The quantitative estimate of drug-likeness (QED) is 0.326. The second kappa shape index (κ2) is 9.15. The van der Waals surface area contributed by atoms with Crippen molar-refractivity contribution in [2.45, 2.75) is 44.9 Å². The molecule has 6 rings (SSSR count). The zero-order valence-corrected chi connectivity index (χ0v) is 20.1. The summed E-state index contributed by atoms with van der Waals surface area (Å²) >= 11 is 0. The van der Waals surface area contributed by atoms with Crippen LogP contribution < -0.4 is 10.1 Å². The van der Waals surface area contributed by atoms with E-state index in [4.69, 9.17) is 9.72 Å². The van der Waals surface area contributed by atoms with E-state index >= 15 is 0 Å². The maximum atomic E-state index is 13.4. The van der Waals surface area contributed by atoms with E-state index < -0.39 is 0 Å². The molecule has 1 saturated carbocycles. The number of carbonyl (C=O) groups excluding carboxylic acids is 2. The van der Waals surface area contributed by atoms with Crippen molar-refractivity contribution >= 4 is 28.5 Å². The van der Waals surface area contributed by atoms with E-state index in [2.05, 4.69) is 10.3 Å². The Kier molecular flexibility index (Phi) is 5.68. The summed E-state index contributed by atoms with van der Waals surface area (Å²) in [5.41, 5.74) is 4.08. The summed E-state index contributed by atoms with van der Waals surface area (Å²) in [5, 5.41) is 3.03. The first-order chi connectivity index (χ1) is 17.6. The predicted molar refractivity (Wildman–Crippen MR) is 138 cm³/mol. The number of rotatable bonds is 6. The highest BCUT2D eigenvalue weighted by atomic mass is 16.5. The number of piperidine rings is 1. The fraction of sp³-hybridized carbons (Fsp3) is 0.276. The van der Waals surface area contributed by atoms with Crippen LogP contribution in [-0.2, 0) is 6.61 Å². The number of hydrogen-bond donors (Lipinski definition) is 2. The number of anilines is 1. The summed E-state index contributed by atoms with van der Waals surface area (Å²) in [5.74, 6) is 1.90. The van der Waals surface area contributed by atoms with Gasteiger partial charge in [-0.15, -0.1) is 0 Å². The van der Waals surface area contributed by atoms with Crippen LogP contribution in [0, 0.1) is 5.92 Å². The van der Waals surface area contributed by atoms with Crippen LogP contribution in [0.5, 0.6) is 5.75 Å². The molecule has 1 aromatic heterocycles. The number of nitrogens with zero attached hydrogens (tertiary/aromatic N) is 2. The Balaban J connectivity index is 1.25. The average molecular weight is 481 g/mol. The number of fused-ring (bicyclic) bond motifs is 3. The van der Waals surface area contributed by atoms with Gasteiger partial charge in [0, 0.05) is 17.3 Å². The van der Waals surface area contributed by atoms with Gasteiger partial charge in [-0.25, -0.2) is 9.78 Å². The van der Waals surface area contributed by atoms with Gasteiger partial charge in [-0.1, -0.05) is 36.4 Å². The van der Waals surface area contributed by atoms with Gasteiger partial charge >= 0.3 is 6.03 Å². The van der Waals surface area contributed by atoms with Crippen LogP contribution in [0.2, 0.25) is 0 Å². The third kappa shape index (κ3) is 4.11. The number of para-hydroxylation sites is 1. The molecule has 1 aliphatic heterocycles. The summed E-state index contributed by atoms with van der Waals surface area (Å²) in [4.78, 5) is 35.4. The fourth-order valence-corrected chi connectivity index (χ4v) is 5.63. The zero-order chi connectivity index (χ0) is 24.6. The lowest BCUT2D eigenvalue weighted by Crippen LogP contribution is -2.43. The SMILES string of the molecule is CC(=O)c1ccc(NC(=O)N2[C@@H]3CC[C@@H](C3)[C@H]2c2nc3c(OCc4ccccc4)cccc3[nH]2)cc1. The van der Waals surface area contributed by atoms with E-state index in [1.165, 1.54) is 6.92 Å². The number of nitrogens with one attached hydrogen (secondary N) is 2. The number of benzene rings is 3. The summed E-state index contributed by atoms with van der Waals surface area (Å²) in [6.07, 6.45) is 3.07. The van der Waals surface area contributed by atoms with Crippen molar-refractivity contribution in [3.8, 4) is 5.75 Å². The van der Waals surface area contributed by atoms with Gasteiger partial charge in [-0.3, -0.25) is 4.79 Å². The molecule has 0 unspecified atom stereocenters. The molecule has 2 aliphatic rings. The molecular weight excluding hydrogens is 452 g/mol. The van der Waals surface area contributed by atoms with Crippen LogP contribution in [0.3, 0.4) is 0 Å². The lowest BCUT2D eigenvalue weighted by molar-refractivity contribution is 0.101. The highest BCUT2D eigenvalue weighted by Gasteiger charge is 2.50. The molecule has 36 heavy (non-hydrogen) atoms. The van der Waals surface area contributed by atoms with Crippen molar-refractivity contribution < 1.29 is 14.3 Å². The van der Waals surface area contributed by atoms with Crippen LogP contribution in [0.1, 0.15) is 54.0 Å². The first kappa shape index (κ1) is 22.3. The van der Waals surface area contributed by atoms with E-state index in [9.17, 15) is 9.59 Å². The molecule has 0 radical (unpaired) electrons. The molecule has 2 heterocycles. The van der Waals surface area contributed by atoms with Crippen molar-refractivity contribution in [3.05, 3.63) is 89.7 Å². The van der Waals surface area contributed by atoms with E-state index in [0.29, 0.717) is 23.8 Å². The molecule has 2 bridgehead atoms. The number of carbonyl (C=O) groups is 2. The minimum absolute atomic E-state index is 0.00166. The van der Waals surface area contributed by atoms with Crippen molar-refractivity contribution in [1.82, 2.24) is 14.9 Å². The van der Waals surface area contributed by atoms with Gasteiger partial charge in [-0.2, -0.15) is 0 Å². The lowest BCUT2D eigenvalue weighted by Gasteiger charge is -2.34. The highest BCUT2D eigenvalue weighted by Crippen LogP contribution is 2.50. The largest absolute Gasteiger partial charge is 0.487 e. The zero-order valence-electron chi connectivity index (χ0n) is 20.1. The van der Waals surface area contributed by atoms with Gasteiger partial charge in [-0.05, 0) is 74.1 Å². The molecule has 3 aromatic carbocycles. The average Bonchev–Trinajstić information content (AvgIpc) is 3.63. The van der Waals surface area contributed by atoms with E-state index in [1.807, 2.05) is 53.4 Å². The number of aromatic nitrogens is 2. The molecule has 1 aliphatic carbocycles.